The molecule has 6 nitrogen and oxygen atoms in total. The first-order valence-corrected chi connectivity index (χ1v) is 8.96. The van der Waals surface area contributed by atoms with E-state index in [4.69, 9.17) is 5.73 Å². The third-order valence-corrected chi connectivity index (χ3v) is 5.76. The molecule has 0 atom stereocenters. The Morgan fingerprint density at radius 1 is 1.25 bits per heavy atom. The quantitative estimate of drug-likeness (QED) is 0.836. The predicted molar refractivity (Wildman–Crippen MR) is 82.7 cm³/mol. The lowest BCUT2D eigenvalue weighted by Gasteiger charge is -2.32. The van der Waals surface area contributed by atoms with Crippen LogP contribution in [0.15, 0.2) is 18.2 Å². The molecule has 0 amide bonds. The fourth-order valence-electron chi connectivity index (χ4n) is 2.28. The molecule has 0 saturated carbocycles. The number of piperazine rings is 1. The van der Waals surface area contributed by atoms with E-state index in [0.717, 1.165) is 21.0 Å². The molecule has 1 aliphatic heterocycles. The van der Waals surface area contributed by atoms with Crippen LogP contribution in [0.2, 0.25) is 0 Å². The highest BCUT2D eigenvalue weighted by Gasteiger charge is 2.24. The first-order valence-electron chi connectivity index (χ1n) is 6.29. The van der Waals surface area contributed by atoms with E-state index in [9.17, 15) is 8.42 Å². The normalized spacial score (nSPS) is 17.8. The summed E-state index contributed by atoms with van der Waals surface area (Å²) in [6.07, 6.45) is 1.25. The minimum Gasteiger partial charge on any atom is -0.399 e. The highest BCUT2D eigenvalue weighted by Crippen LogP contribution is 2.30. The molecule has 0 radical (unpaired) electrons. The number of rotatable bonds is 2. The van der Waals surface area contributed by atoms with Crippen molar-refractivity contribution in [2.45, 2.75) is 0 Å². The molecule has 8 heteroatoms. The van der Waals surface area contributed by atoms with Gasteiger partial charge in [-0.15, -0.1) is 0 Å². The molecule has 0 aliphatic carbocycles. The number of hydrogen-bond donors (Lipinski definition) is 1. The highest BCUT2D eigenvalue weighted by atomic mass is 32.2. The van der Waals surface area contributed by atoms with Gasteiger partial charge in [0.25, 0.3) is 0 Å². The summed E-state index contributed by atoms with van der Waals surface area (Å²) in [6, 6.07) is 5.67. The van der Waals surface area contributed by atoms with Crippen LogP contribution in [0, 0.1) is 0 Å². The standard InChI is InChI=1S/C12H16N4O2S2/c1-20(17,18)16-6-4-15(5-7-16)12-14-10-3-2-9(13)8-11(10)19-12/h2-3,8H,4-7,13H2,1H3. The van der Waals surface area contributed by atoms with E-state index >= 15 is 0 Å². The molecule has 1 saturated heterocycles. The van der Waals surface area contributed by atoms with Crippen molar-refractivity contribution in [2.24, 2.45) is 0 Å². The number of sulfonamides is 1. The molecule has 1 aromatic heterocycles. The molecule has 108 valence electrons. The minimum absolute atomic E-state index is 0.511. The van der Waals surface area contributed by atoms with Gasteiger partial charge in [-0.05, 0) is 18.2 Å². The number of anilines is 2. The van der Waals surface area contributed by atoms with Crippen molar-refractivity contribution >= 4 is 42.4 Å². The molecule has 1 aliphatic rings. The Hall–Kier alpha value is -1.38. The van der Waals surface area contributed by atoms with Crippen LogP contribution in [0.4, 0.5) is 10.8 Å². The molecule has 2 aromatic rings. The SMILES string of the molecule is CS(=O)(=O)N1CCN(c2nc3ccc(N)cc3s2)CC1. The van der Waals surface area contributed by atoms with Crippen molar-refractivity contribution in [3.63, 3.8) is 0 Å². The van der Waals surface area contributed by atoms with Gasteiger partial charge >= 0.3 is 0 Å². The number of benzene rings is 1. The van der Waals surface area contributed by atoms with E-state index in [1.165, 1.54) is 10.6 Å². The Balaban J connectivity index is 1.80. The van der Waals surface area contributed by atoms with Crippen LogP contribution in [-0.2, 0) is 10.0 Å². The maximum Gasteiger partial charge on any atom is 0.211 e. The Bertz CT molecular complexity index is 733. The van der Waals surface area contributed by atoms with E-state index in [1.807, 2.05) is 18.2 Å². The lowest BCUT2D eigenvalue weighted by atomic mass is 10.3. The number of nitrogens with two attached hydrogens (primary N) is 1. The van der Waals surface area contributed by atoms with Crippen LogP contribution < -0.4 is 10.6 Å². The second kappa shape index (κ2) is 4.87. The Kier molecular flexibility index (Phi) is 3.31. The van der Waals surface area contributed by atoms with Gasteiger partial charge in [0.05, 0.1) is 16.5 Å². The van der Waals surface area contributed by atoms with Crippen molar-refractivity contribution in [3.05, 3.63) is 18.2 Å². The van der Waals surface area contributed by atoms with Crippen molar-refractivity contribution < 1.29 is 8.42 Å². The van der Waals surface area contributed by atoms with Crippen molar-refractivity contribution in [2.75, 3.05) is 43.1 Å². The first kappa shape index (κ1) is 13.6. The molecule has 2 N–H and O–H groups in total. The fourth-order valence-corrected chi connectivity index (χ4v) is 4.17. The summed E-state index contributed by atoms with van der Waals surface area (Å²) >= 11 is 1.59. The molecule has 20 heavy (non-hydrogen) atoms. The van der Waals surface area contributed by atoms with Gasteiger partial charge in [0.2, 0.25) is 10.0 Å². The zero-order valence-corrected chi connectivity index (χ0v) is 12.7. The molecular weight excluding hydrogens is 296 g/mol. The van der Waals surface area contributed by atoms with Gasteiger partial charge in [0.1, 0.15) is 0 Å². The number of nitrogens with zero attached hydrogens (tertiary/aromatic N) is 3. The largest absolute Gasteiger partial charge is 0.399 e. The van der Waals surface area contributed by atoms with Crippen molar-refractivity contribution in [1.82, 2.24) is 9.29 Å². The molecule has 1 aromatic carbocycles. The van der Waals surface area contributed by atoms with Crippen molar-refractivity contribution in [1.29, 1.82) is 0 Å². The topological polar surface area (TPSA) is 79.5 Å². The van der Waals surface area contributed by atoms with E-state index in [2.05, 4.69) is 9.88 Å². The number of aromatic nitrogens is 1. The van der Waals surface area contributed by atoms with E-state index in [1.54, 1.807) is 11.3 Å². The highest BCUT2D eigenvalue weighted by molar-refractivity contribution is 7.88. The fraction of sp³-hybridized carbons (Fsp3) is 0.417. The van der Waals surface area contributed by atoms with E-state index in [-0.39, 0.29) is 0 Å². The summed E-state index contributed by atoms with van der Waals surface area (Å²) in [5.41, 5.74) is 7.44. The average molecular weight is 312 g/mol. The van der Waals surface area contributed by atoms with Gasteiger partial charge in [-0.3, -0.25) is 0 Å². The molecular formula is C12H16N4O2S2. The molecule has 2 heterocycles. The predicted octanol–water partition coefficient (Wildman–Crippen LogP) is 0.960. The molecule has 1 fully saturated rings. The van der Waals surface area contributed by atoms with Gasteiger partial charge < -0.3 is 10.6 Å². The molecule has 0 bridgehead atoms. The zero-order valence-electron chi connectivity index (χ0n) is 11.1. The smallest absolute Gasteiger partial charge is 0.211 e. The average Bonchev–Trinajstić information content (AvgIpc) is 2.80. The summed E-state index contributed by atoms with van der Waals surface area (Å²) < 4.78 is 25.5. The van der Waals surface area contributed by atoms with E-state index < -0.39 is 10.0 Å². The van der Waals surface area contributed by atoms with Crippen LogP contribution >= 0.6 is 11.3 Å². The van der Waals surface area contributed by atoms with Gasteiger partial charge in [-0.2, -0.15) is 4.31 Å². The van der Waals surface area contributed by atoms with Crippen LogP contribution in [0.3, 0.4) is 0 Å². The van der Waals surface area contributed by atoms with Crippen molar-refractivity contribution in [3.8, 4) is 0 Å². The summed E-state index contributed by atoms with van der Waals surface area (Å²) in [5.74, 6) is 0. The number of hydrogen-bond acceptors (Lipinski definition) is 6. The molecule has 3 rings (SSSR count). The second-order valence-electron chi connectivity index (χ2n) is 4.87. The van der Waals surface area contributed by atoms with Crippen LogP contribution in [0.5, 0.6) is 0 Å². The summed E-state index contributed by atoms with van der Waals surface area (Å²) in [4.78, 5) is 6.71. The Morgan fingerprint density at radius 2 is 1.95 bits per heavy atom. The van der Waals surface area contributed by atoms with Gasteiger partial charge in [0.15, 0.2) is 5.13 Å². The molecule has 0 spiro atoms. The Labute approximate surface area is 121 Å². The summed E-state index contributed by atoms with van der Waals surface area (Å²) in [6.45, 7) is 2.36. The number of nitrogen functional groups attached to an aromatic ring is 1. The number of fused-ring (bicyclic) bond motifs is 1. The minimum atomic E-state index is -3.09. The maximum atomic E-state index is 11.5. The third-order valence-electron chi connectivity index (χ3n) is 3.38. The number of thiazole rings is 1. The van der Waals surface area contributed by atoms with Gasteiger partial charge in [0, 0.05) is 31.9 Å². The lowest BCUT2D eigenvalue weighted by molar-refractivity contribution is 0.388. The second-order valence-corrected chi connectivity index (χ2v) is 7.86. The Morgan fingerprint density at radius 3 is 2.60 bits per heavy atom. The van der Waals surface area contributed by atoms with Crippen LogP contribution in [-0.4, -0.2) is 50.1 Å². The monoisotopic (exact) mass is 312 g/mol. The van der Waals surface area contributed by atoms with Crippen LogP contribution in [0.25, 0.3) is 10.2 Å². The maximum absolute atomic E-state index is 11.5. The van der Waals surface area contributed by atoms with E-state index in [0.29, 0.717) is 26.2 Å². The van der Waals surface area contributed by atoms with Crippen LogP contribution in [0.1, 0.15) is 0 Å². The van der Waals surface area contributed by atoms with Gasteiger partial charge in [-0.1, -0.05) is 11.3 Å². The first-order chi connectivity index (χ1) is 9.43. The summed E-state index contributed by atoms with van der Waals surface area (Å²) in [7, 11) is -3.09. The third kappa shape index (κ3) is 2.58. The molecule has 0 unspecified atom stereocenters. The lowest BCUT2D eigenvalue weighted by Crippen LogP contribution is -2.48. The zero-order chi connectivity index (χ0) is 14.3. The summed E-state index contributed by atoms with van der Waals surface area (Å²) in [5, 5.41) is 0.929. The van der Waals surface area contributed by atoms with Gasteiger partial charge in [-0.25, -0.2) is 13.4 Å².